The molecule has 0 aliphatic rings. The molecule has 0 radical (unpaired) electrons. The summed E-state index contributed by atoms with van der Waals surface area (Å²) in [6.45, 7) is 2.74. The number of nitrogens with zero attached hydrogens (tertiary/aromatic N) is 2. The van der Waals surface area contributed by atoms with Crippen molar-refractivity contribution in [2.24, 2.45) is 0 Å². The summed E-state index contributed by atoms with van der Waals surface area (Å²) in [6, 6.07) is 4.39. The molecule has 0 aliphatic carbocycles. The molecule has 0 saturated heterocycles. The van der Waals surface area contributed by atoms with Crippen molar-refractivity contribution < 1.29 is 4.79 Å². The number of aromatic nitrogens is 3. The van der Waals surface area contributed by atoms with Crippen molar-refractivity contribution in [2.45, 2.75) is 13.3 Å². The van der Waals surface area contributed by atoms with Gasteiger partial charge in [-0.25, -0.2) is 10.1 Å². The highest BCUT2D eigenvalue weighted by Gasteiger charge is 2.14. The zero-order valence-electron chi connectivity index (χ0n) is 11.3. The van der Waals surface area contributed by atoms with Crippen LogP contribution in [0.4, 0.5) is 11.6 Å². The topological polar surface area (TPSA) is 99.8 Å². The van der Waals surface area contributed by atoms with Gasteiger partial charge in [0.1, 0.15) is 5.82 Å². The summed E-state index contributed by atoms with van der Waals surface area (Å²) in [5, 5.41) is 11.7. The highest BCUT2D eigenvalue weighted by atomic mass is 79.9. The van der Waals surface area contributed by atoms with Gasteiger partial charge in [0.15, 0.2) is 5.82 Å². The number of carbonyl (C=O) groups is 1. The molecule has 2 aromatic rings. The third-order valence-corrected chi connectivity index (χ3v) is 3.00. The third kappa shape index (κ3) is 4.12. The number of hydrogen-bond acceptors (Lipinski definition) is 5. The van der Waals surface area contributed by atoms with E-state index >= 15 is 0 Å². The zero-order chi connectivity index (χ0) is 15.2. The fourth-order valence-corrected chi connectivity index (χ4v) is 1.93. The minimum atomic E-state index is -0.359. The number of carbonyl (C=O) groups excluding carboxylic acids is 1. The average Bonchev–Trinajstić information content (AvgIpc) is 2.48. The molecule has 1 amide bonds. The van der Waals surface area contributed by atoms with Gasteiger partial charge in [0.25, 0.3) is 11.5 Å². The minimum absolute atomic E-state index is 0.265. The largest absolute Gasteiger partial charge is 0.369 e. The van der Waals surface area contributed by atoms with E-state index in [1.807, 2.05) is 6.92 Å². The molecule has 0 aromatic carbocycles. The molecule has 110 valence electrons. The first kappa shape index (κ1) is 15.2. The van der Waals surface area contributed by atoms with E-state index in [4.69, 9.17) is 0 Å². The number of hydrogen-bond donors (Lipinski definition) is 3. The number of pyridine rings is 1. The zero-order valence-corrected chi connectivity index (χ0v) is 12.9. The van der Waals surface area contributed by atoms with Gasteiger partial charge >= 0.3 is 0 Å². The number of aromatic amines is 1. The van der Waals surface area contributed by atoms with Gasteiger partial charge in [0, 0.05) is 23.3 Å². The minimum Gasteiger partial charge on any atom is -0.369 e. The lowest BCUT2D eigenvalue weighted by Crippen LogP contribution is -2.18. The van der Waals surface area contributed by atoms with Gasteiger partial charge < -0.3 is 10.6 Å². The molecule has 7 nitrogen and oxygen atoms in total. The van der Waals surface area contributed by atoms with Crippen molar-refractivity contribution in [1.29, 1.82) is 0 Å². The van der Waals surface area contributed by atoms with E-state index in [1.165, 1.54) is 12.1 Å². The number of anilines is 2. The van der Waals surface area contributed by atoms with Crippen molar-refractivity contribution in [1.82, 2.24) is 15.2 Å². The Morgan fingerprint density at radius 1 is 1.43 bits per heavy atom. The smallest absolute Gasteiger partial charge is 0.264 e. The molecule has 2 aromatic heterocycles. The monoisotopic (exact) mass is 351 g/mol. The van der Waals surface area contributed by atoms with Crippen molar-refractivity contribution in [3.05, 3.63) is 44.8 Å². The van der Waals surface area contributed by atoms with Crippen LogP contribution in [-0.2, 0) is 0 Å². The number of nitrogens with one attached hydrogen (secondary N) is 3. The van der Waals surface area contributed by atoms with Gasteiger partial charge in [-0.15, -0.1) is 0 Å². The van der Waals surface area contributed by atoms with E-state index < -0.39 is 0 Å². The Hall–Kier alpha value is -2.22. The molecule has 0 unspecified atom stereocenters. The second-order valence-electron chi connectivity index (χ2n) is 4.24. The first-order chi connectivity index (χ1) is 10.1. The molecular formula is C13H14BrN5O2. The lowest BCUT2D eigenvalue weighted by Gasteiger charge is -2.10. The highest BCUT2D eigenvalue weighted by Crippen LogP contribution is 2.19. The summed E-state index contributed by atoms with van der Waals surface area (Å²) in [5.41, 5.74) is 0.0632. The van der Waals surface area contributed by atoms with Crippen LogP contribution in [0.25, 0.3) is 0 Å². The van der Waals surface area contributed by atoms with Crippen molar-refractivity contribution in [3.63, 3.8) is 0 Å². The maximum absolute atomic E-state index is 12.3. The molecule has 0 spiro atoms. The van der Waals surface area contributed by atoms with Gasteiger partial charge in [-0.2, -0.15) is 5.10 Å². The van der Waals surface area contributed by atoms with Crippen LogP contribution in [-0.4, -0.2) is 27.6 Å². The van der Waals surface area contributed by atoms with Crippen LogP contribution in [0.2, 0.25) is 0 Å². The summed E-state index contributed by atoms with van der Waals surface area (Å²) >= 11 is 3.29. The molecule has 8 heteroatoms. The SMILES string of the molecule is CCCNc1ncc(Br)cc1C(=O)Nc1ccc(=O)[nH]n1. The lowest BCUT2D eigenvalue weighted by atomic mass is 10.2. The van der Waals surface area contributed by atoms with Crippen molar-refractivity contribution in [2.75, 3.05) is 17.2 Å². The Bertz CT molecular complexity index is 681. The number of rotatable bonds is 5. The second kappa shape index (κ2) is 6.98. The van der Waals surface area contributed by atoms with Crippen molar-refractivity contribution in [3.8, 4) is 0 Å². The van der Waals surface area contributed by atoms with Crippen LogP contribution < -0.4 is 16.2 Å². The molecule has 0 atom stereocenters. The lowest BCUT2D eigenvalue weighted by molar-refractivity contribution is 0.102. The predicted octanol–water partition coefficient (Wildman–Crippen LogP) is 2.00. The van der Waals surface area contributed by atoms with E-state index in [0.29, 0.717) is 22.4 Å². The van der Waals surface area contributed by atoms with Crippen molar-refractivity contribution >= 4 is 33.5 Å². The van der Waals surface area contributed by atoms with E-state index in [0.717, 1.165) is 6.42 Å². The van der Waals surface area contributed by atoms with Gasteiger partial charge in [-0.05, 0) is 34.5 Å². The first-order valence-corrected chi connectivity index (χ1v) is 7.16. The summed E-state index contributed by atoms with van der Waals surface area (Å²) in [5.74, 6) is 0.407. The Balaban J connectivity index is 2.22. The molecule has 0 aliphatic heterocycles. The molecule has 0 saturated carbocycles. The molecule has 2 rings (SSSR count). The normalized spacial score (nSPS) is 10.2. The van der Waals surface area contributed by atoms with E-state index in [-0.39, 0.29) is 17.3 Å². The first-order valence-electron chi connectivity index (χ1n) is 6.36. The second-order valence-corrected chi connectivity index (χ2v) is 5.15. The Labute approximate surface area is 129 Å². The van der Waals surface area contributed by atoms with Crippen LogP contribution in [0.3, 0.4) is 0 Å². The Kier molecular flexibility index (Phi) is 5.04. The predicted molar refractivity (Wildman–Crippen MR) is 83.5 cm³/mol. The van der Waals surface area contributed by atoms with Crippen LogP contribution >= 0.6 is 15.9 Å². The number of H-pyrrole nitrogens is 1. The van der Waals surface area contributed by atoms with E-state index in [9.17, 15) is 9.59 Å². The summed E-state index contributed by atoms with van der Waals surface area (Å²) in [4.78, 5) is 27.4. The van der Waals surface area contributed by atoms with Crippen LogP contribution in [0.5, 0.6) is 0 Å². The van der Waals surface area contributed by atoms with Gasteiger partial charge in [0.2, 0.25) is 0 Å². The quantitative estimate of drug-likeness (QED) is 0.764. The molecule has 3 N–H and O–H groups in total. The molecule has 0 fully saturated rings. The molecular weight excluding hydrogens is 338 g/mol. The van der Waals surface area contributed by atoms with Gasteiger partial charge in [-0.3, -0.25) is 9.59 Å². The van der Waals surface area contributed by atoms with Crippen LogP contribution in [0.15, 0.2) is 33.7 Å². The fraction of sp³-hybridized carbons (Fsp3) is 0.231. The Morgan fingerprint density at radius 2 is 2.24 bits per heavy atom. The van der Waals surface area contributed by atoms with Gasteiger partial charge in [0.05, 0.1) is 5.56 Å². The standard InChI is InChI=1S/C13H14BrN5O2/c1-2-5-15-12-9(6-8(14)7-16-12)13(21)17-10-3-4-11(20)19-18-10/h3-4,6-7H,2,5H2,1H3,(H,15,16)(H,19,20)(H,17,18,21). The fourth-order valence-electron chi connectivity index (χ4n) is 1.59. The summed E-state index contributed by atoms with van der Waals surface area (Å²) in [6.07, 6.45) is 2.54. The maximum Gasteiger partial charge on any atom is 0.264 e. The molecule has 21 heavy (non-hydrogen) atoms. The summed E-state index contributed by atoms with van der Waals surface area (Å²) in [7, 11) is 0. The van der Waals surface area contributed by atoms with Gasteiger partial charge in [-0.1, -0.05) is 6.92 Å². The van der Waals surface area contributed by atoms with Crippen LogP contribution in [0, 0.1) is 0 Å². The third-order valence-electron chi connectivity index (χ3n) is 2.56. The maximum atomic E-state index is 12.3. The highest BCUT2D eigenvalue weighted by molar-refractivity contribution is 9.10. The summed E-state index contributed by atoms with van der Waals surface area (Å²) < 4.78 is 0.698. The average molecular weight is 352 g/mol. The van der Waals surface area contributed by atoms with E-state index in [2.05, 4.69) is 41.7 Å². The Morgan fingerprint density at radius 3 is 2.90 bits per heavy atom. The molecule has 0 bridgehead atoms. The molecule has 2 heterocycles. The number of amides is 1. The van der Waals surface area contributed by atoms with Crippen LogP contribution in [0.1, 0.15) is 23.7 Å². The number of halogens is 1. The van der Waals surface area contributed by atoms with E-state index in [1.54, 1.807) is 12.3 Å².